The minimum Gasteiger partial charge on any atom is -0.185 e. The van der Waals surface area contributed by atoms with Crippen LogP contribution in [-0.2, 0) is 0 Å². The Labute approximate surface area is 130 Å². The van der Waals surface area contributed by atoms with Crippen molar-refractivity contribution in [3.8, 4) is 0 Å². The Bertz CT molecular complexity index is 788. The van der Waals surface area contributed by atoms with Gasteiger partial charge in [0.15, 0.2) is 0 Å². The van der Waals surface area contributed by atoms with Crippen molar-refractivity contribution in [2.45, 2.75) is 37.3 Å². The highest BCUT2D eigenvalue weighted by molar-refractivity contribution is 5.76. The molecule has 0 amide bonds. The van der Waals surface area contributed by atoms with Gasteiger partial charge in [-0.05, 0) is 47.1 Å². The van der Waals surface area contributed by atoms with E-state index in [-0.39, 0.29) is 12.1 Å². The van der Waals surface area contributed by atoms with Crippen molar-refractivity contribution in [1.29, 1.82) is 0 Å². The summed E-state index contributed by atoms with van der Waals surface area (Å²) in [6.45, 7) is 0. The van der Waals surface area contributed by atoms with E-state index in [1.165, 1.54) is 36.0 Å². The second-order valence-electron chi connectivity index (χ2n) is 6.50. The van der Waals surface area contributed by atoms with Crippen molar-refractivity contribution in [2.75, 3.05) is 0 Å². The number of benzene rings is 2. The Kier molecular flexibility index (Phi) is 2.60. The van der Waals surface area contributed by atoms with Crippen molar-refractivity contribution in [3.63, 3.8) is 0 Å². The van der Waals surface area contributed by atoms with Crippen LogP contribution >= 0.6 is 0 Å². The molecule has 0 radical (unpaired) electrons. The summed E-state index contributed by atoms with van der Waals surface area (Å²) in [4.78, 5) is 0. The second kappa shape index (κ2) is 4.64. The van der Waals surface area contributed by atoms with Gasteiger partial charge < -0.3 is 0 Å². The van der Waals surface area contributed by atoms with E-state index in [0.29, 0.717) is 5.92 Å². The molecular formula is C20H18N2. The summed E-state index contributed by atoms with van der Waals surface area (Å²) >= 11 is 0. The maximum atomic E-state index is 4.72. The molecule has 2 nitrogen and oxygen atoms in total. The zero-order chi connectivity index (χ0) is 14.5. The fourth-order valence-corrected chi connectivity index (χ4v) is 4.47. The molecule has 0 aromatic heterocycles. The van der Waals surface area contributed by atoms with Gasteiger partial charge in [-0.1, -0.05) is 54.6 Å². The van der Waals surface area contributed by atoms with Crippen LogP contribution in [0.5, 0.6) is 0 Å². The normalized spacial score (nSPS) is 28.5. The minimum absolute atomic E-state index is 0.175. The molecule has 3 aliphatic rings. The van der Waals surface area contributed by atoms with Gasteiger partial charge in [0, 0.05) is 5.92 Å². The summed E-state index contributed by atoms with van der Waals surface area (Å²) in [6, 6.07) is 20.1. The molecule has 108 valence electrons. The molecule has 0 fully saturated rings. The number of allylic oxidation sites excluding steroid dienone is 1. The molecule has 1 heterocycles. The standard InChI is InChI=1S/C20H18N2/c1-2-7-13(8-3-1)18-19-16-10-5-4-9-14(16)15-11-6-12-17(15)20(18)22-21-19/h1-5,7-10,18-20H,6,11-12H2/t18-,19+,20-/m1/s1. The molecular weight excluding hydrogens is 268 g/mol. The number of rotatable bonds is 1. The van der Waals surface area contributed by atoms with Crippen molar-refractivity contribution in [2.24, 2.45) is 10.2 Å². The van der Waals surface area contributed by atoms with Crippen molar-refractivity contribution < 1.29 is 0 Å². The summed E-state index contributed by atoms with van der Waals surface area (Å²) in [5.41, 5.74) is 7.28. The van der Waals surface area contributed by atoms with Gasteiger partial charge in [-0.2, -0.15) is 10.2 Å². The van der Waals surface area contributed by atoms with E-state index in [1.807, 2.05) is 0 Å². The van der Waals surface area contributed by atoms with E-state index in [2.05, 4.69) is 54.6 Å². The van der Waals surface area contributed by atoms with Gasteiger partial charge in [0.25, 0.3) is 0 Å². The van der Waals surface area contributed by atoms with Crippen molar-refractivity contribution in [1.82, 2.24) is 0 Å². The quantitative estimate of drug-likeness (QED) is 0.680. The Morgan fingerprint density at radius 2 is 1.55 bits per heavy atom. The molecule has 2 aliphatic carbocycles. The monoisotopic (exact) mass is 286 g/mol. The van der Waals surface area contributed by atoms with Gasteiger partial charge in [-0.3, -0.25) is 0 Å². The fraction of sp³-hybridized carbons (Fsp3) is 0.300. The molecule has 0 spiro atoms. The first-order valence-electron chi connectivity index (χ1n) is 8.19. The molecule has 3 atom stereocenters. The smallest absolute Gasteiger partial charge is 0.106 e. The highest BCUT2D eigenvalue weighted by Gasteiger charge is 2.44. The first kappa shape index (κ1) is 12.3. The number of hydrogen-bond acceptors (Lipinski definition) is 2. The van der Waals surface area contributed by atoms with Crippen LogP contribution in [0.1, 0.15) is 47.9 Å². The molecule has 5 rings (SSSR count). The van der Waals surface area contributed by atoms with Gasteiger partial charge in [-0.25, -0.2) is 0 Å². The Morgan fingerprint density at radius 1 is 0.773 bits per heavy atom. The van der Waals surface area contributed by atoms with Gasteiger partial charge in [0.2, 0.25) is 0 Å². The lowest BCUT2D eigenvalue weighted by molar-refractivity contribution is 0.571. The van der Waals surface area contributed by atoms with E-state index >= 15 is 0 Å². The zero-order valence-electron chi connectivity index (χ0n) is 12.4. The van der Waals surface area contributed by atoms with Crippen LogP contribution in [0.25, 0.3) is 5.57 Å². The molecule has 0 unspecified atom stereocenters. The van der Waals surface area contributed by atoms with Crippen LogP contribution in [0.4, 0.5) is 0 Å². The van der Waals surface area contributed by atoms with E-state index < -0.39 is 0 Å². The predicted octanol–water partition coefficient (Wildman–Crippen LogP) is 5.30. The molecule has 0 N–H and O–H groups in total. The number of azo groups is 1. The van der Waals surface area contributed by atoms with E-state index in [1.54, 1.807) is 11.1 Å². The van der Waals surface area contributed by atoms with Gasteiger partial charge in [0.05, 0.1) is 0 Å². The van der Waals surface area contributed by atoms with E-state index in [0.717, 1.165) is 0 Å². The summed E-state index contributed by atoms with van der Waals surface area (Å²) < 4.78 is 0. The lowest BCUT2D eigenvalue weighted by atomic mass is 9.82. The van der Waals surface area contributed by atoms with Gasteiger partial charge in [-0.15, -0.1) is 0 Å². The lowest BCUT2D eigenvalue weighted by Gasteiger charge is -2.22. The number of hydrogen-bond donors (Lipinski definition) is 0. The molecule has 0 saturated heterocycles. The first-order valence-corrected chi connectivity index (χ1v) is 8.19. The average molecular weight is 286 g/mol. The molecule has 2 bridgehead atoms. The molecule has 0 saturated carbocycles. The Morgan fingerprint density at radius 3 is 2.45 bits per heavy atom. The van der Waals surface area contributed by atoms with Crippen LogP contribution in [0.15, 0.2) is 70.4 Å². The van der Waals surface area contributed by atoms with Crippen molar-refractivity contribution in [3.05, 3.63) is 76.9 Å². The van der Waals surface area contributed by atoms with Crippen LogP contribution < -0.4 is 0 Å². The topological polar surface area (TPSA) is 24.7 Å². The first-order chi connectivity index (χ1) is 10.9. The SMILES string of the molecule is c1ccc([C@H]2[C@@H]3N=N[C@H]2c2ccccc2C2=C3CCC2)cc1. The minimum atomic E-state index is 0.175. The maximum absolute atomic E-state index is 4.72. The van der Waals surface area contributed by atoms with Gasteiger partial charge in [0.1, 0.15) is 12.1 Å². The predicted molar refractivity (Wildman–Crippen MR) is 87.8 cm³/mol. The van der Waals surface area contributed by atoms with E-state index in [9.17, 15) is 0 Å². The second-order valence-corrected chi connectivity index (χ2v) is 6.50. The summed E-state index contributed by atoms with van der Waals surface area (Å²) in [5, 5.41) is 9.43. The Hall–Kier alpha value is -2.22. The van der Waals surface area contributed by atoms with Crippen molar-refractivity contribution >= 4 is 5.57 Å². The third-order valence-corrected chi connectivity index (χ3v) is 5.40. The molecule has 2 aromatic carbocycles. The molecule has 22 heavy (non-hydrogen) atoms. The third-order valence-electron chi connectivity index (χ3n) is 5.40. The molecule has 1 aliphatic heterocycles. The number of nitrogens with zero attached hydrogens (tertiary/aromatic N) is 2. The fourth-order valence-electron chi connectivity index (χ4n) is 4.47. The molecule has 2 heteroatoms. The number of fused-ring (bicyclic) bond motifs is 6. The van der Waals surface area contributed by atoms with Crippen LogP contribution in [-0.4, -0.2) is 6.04 Å². The maximum Gasteiger partial charge on any atom is 0.106 e. The largest absolute Gasteiger partial charge is 0.185 e. The Balaban J connectivity index is 1.76. The summed E-state index contributed by atoms with van der Waals surface area (Å²) in [5.74, 6) is 0.368. The average Bonchev–Trinajstić information content (AvgIpc) is 3.19. The zero-order valence-corrected chi connectivity index (χ0v) is 12.4. The van der Waals surface area contributed by atoms with Crippen LogP contribution in [0, 0.1) is 0 Å². The lowest BCUT2D eigenvalue weighted by Crippen LogP contribution is -2.18. The summed E-state index contributed by atoms with van der Waals surface area (Å²) in [7, 11) is 0. The third kappa shape index (κ3) is 1.61. The molecule has 2 aromatic rings. The van der Waals surface area contributed by atoms with Crippen LogP contribution in [0.3, 0.4) is 0 Å². The highest BCUT2D eigenvalue weighted by Crippen LogP contribution is 2.54. The highest BCUT2D eigenvalue weighted by atomic mass is 15.2. The van der Waals surface area contributed by atoms with E-state index in [4.69, 9.17) is 10.2 Å². The summed E-state index contributed by atoms with van der Waals surface area (Å²) in [6.07, 6.45) is 3.65. The van der Waals surface area contributed by atoms with Crippen LogP contribution in [0.2, 0.25) is 0 Å². The van der Waals surface area contributed by atoms with Gasteiger partial charge >= 0.3 is 0 Å².